The van der Waals surface area contributed by atoms with Crippen molar-refractivity contribution in [2.75, 3.05) is 13.2 Å². The Balaban J connectivity index is 4.34. The zero-order valence-electron chi connectivity index (χ0n) is 45.9. The highest BCUT2D eigenvalue weighted by molar-refractivity contribution is 5.71. The molecule has 0 aromatic rings. The largest absolute Gasteiger partial charge is 0.462 e. The van der Waals surface area contributed by atoms with Crippen molar-refractivity contribution in [1.29, 1.82) is 0 Å². The van der Waals surface area contributed by atoms with E-state index >= 15 is 0 Å². The molecule has 0 bridgehead atoms. The smallest absolute Gasteiger partial charge is 0.306 e. The molecule has 0 rings (SSSR count). The molecule has 6 nitrogen and oxygen atoms in total. The first kappa shape index (κ1) is 65.9. The van der Waals surface area contributed by atoms with Crippen molar-refractivity contribution in [3.63, 3.8) is 0 Å². The number of esters is 3. The standard InChI is InChI=1S/C62H116O6/c1-4-7-10-13-16-19-22-25-28-31-34-37-40-43-46-49-52-55-61(64)67-58-59(57-66-60(63)54-51-48-45-42-39-36-33-30-27-24-21-18-15-12-9-6-3)68-62(65)56-53-50-47-44-41-38-35-32-29-26-23-20-17-14-11-8-5-2/h25-26,28-29,59H,4-24,27,30-58H2,1-3H3/b28-25-,29-26-/t59-/m1/s1. The van der Waals surface area contributed by atoms with Gasteiger partial charge in [0.05, 0.1) is 0 Å². The number of allylic oxidation sites excluding steroid dienone is 4. The van der Waals surface area contributed by atoms with Crippen LogP contribution in [0.4, 0.5) is 0 Å². The molecule has 0 aromatic carbocycles. The maximum absolute atomic E-state index is 12.9. The lowest BCUT2D eigenvalue weighted by Crippen LogP contribution is -2.30. The van der Waals surface area contributed by atoms with E-state index in [1.54, 1.807) is 0 Å². The van der Waals surface area contributed by atoms with Gasteiger partial charge >= 0.3 is 17.9 Å². The summed E-state index contributed by atoms with van der Waals surface area (Å²) in [6.45, 7) is 6.68. The van der Waals surface area contributed by atoms with E-state index in [1.807, 2.05) is 0 Å². The van der Waals surface area contributed by atoms with Crippen molar-refractivity contribution in [3.05, 3.63) is 24.3 Å². The van der Waals surface area contributed by atoms with Crippen LogP contribution in [-0.4, -0.2) is 37.2 Å². The van der Waals surface area contributed by atoms with E-state index in [1.165, 1.54) is 238 Å². The van der Waals surface area contributed by atoms with Crippen molar-refractivity contribution in [2.24, 2.45) is 0 Å². The Bertz CT molecular complexity index is 1100. The number of hydrogen-bond donors (Lipinski definition) is 0. The summed E-state index contributed by atoms with van der Waals surface area (Å²) in [5, 5.41) is 0. The van der Waals surface area contributed by atoms with Gasteiger partial charge in [-0.15, -0.1) is 0 Å². The van der Waals surface area contributed by atoms with Crippen molar-refractivity contribution in [3.8, 4) is 0 Å². The molecule has 1 atom stereocenters. The quantitative estimate of drug-likeness (QED) is 0.0262. The number of hydrogen-bond acceptors (Lipinski definition) is 6. The van der Waals surface area contributed by atoms with Gasteiger partial charge in [0, 0.05) is 19.3 Å². The average Bonchev–Trinajstić information content (AvgIpc) is 3.34. The highest BCUT2D eigenvalue weighted by Crippen LogP contribution is 2.17. The Morgan fingerprint density at radius 3 is 0.735 bits per heavy atom. The lowest BCUT2D eigenvalue weighted by molar-refractivity contribution is -0.167. The third-order valence-electron chi connectivity index (χ3n) is 13.7. The number of ether oxygens (including phenoxy) is 3. The Kier molecular flexibility index (Phi) is 55.7. The van der Waals surface area contributed by atoms with Gasteiger partial charge in [-0.05, 0) is 70.6 Å². The second-order valence-electron chi connectivity index (χ2n) is 20.6. The zero-order valence-corrected chi connectivity index (χ0v) is 45.9. The fourth-order valence-corrected chi connectivity index (χ4v) is 9.08. The molecule has 0 amide bonds. The van der Waals surface area contributed by atoms with E-state index in [2.05, 4.69) is 45.1 Å². The van der Waals surface area contributed by atoms with Crippen LogP contribution in [0.1, 0.15) is 335 Å². The van der Waals surface area contributed by atoms with Gasteiger partial charge in [0.2, 0.25) is 0 Å². The summed E-state index contributed by atoms with van der Waals surface area (Å²) in [6, 6.07) is 0. The van der Waals surface area contributed by atoms with Gasteiger partial charge in [-0.3, -0.25) is 14.4 Å². The molecule has 0 fully saturated rings. The third kappa shape index (κ3) is 54.8. The molecule has 0 N–H and O–H groups in total. The minimum atomic E-state index is -0.772. The van der Waals surface area contributed by atoms with Crippen LogP contribution in [0.3, 0.4) is 0 Å². The number of carbonyl (C=O) groups is 3. The first-order valence-corrected chi connectivity index (χ1v) is 30.3. The fraction of sp³-hybridized carbons (Fsp3) is 0.887. The summed E-state index contributed by atoms with van der Waals surface area (Å²) >= 11 is 0. The molecule has 0 aromatic heterocycles. The van der Waals surface area contributed by atoms with Crippen molar-refractivity contribution in [2.45, 2.75) is 341 Å². The Hall–Kier alpha value is -2.11. The molecule has 0 unspecified atom stereocenters. The molecule has 0 saturated heterocycles. The normalized spacial score (nSPS) is 12.1. The number of rotatable bonds is 56. The van der Waals surface area contributed by atoms with Crippen LogP contribution in [0.2, 0.25) is 0 Å². The van der Waals surface area contributed by atoms with Crippen LogP contribution < -0.4 is 0 Å². The highest BCUT2D eigenvalue weighted by Gasteiger charge is 2.19. The van der Waals surface area contributed by atoms with E-state index in [9.17, 15) is 14.4 Å². The summed E-state index contributed by atoms with van der Waals surface area (Å²) < 4.78 is 16.9. The summed E-state index contributed by atoms with van der Waals surface area (Å²) in [4.78, 5) is 38.2. The fourth-order valence-electron chi connectivity index (χ4n) is 9.08. The summed E-state index contributed by atoms with van der Waals surface area (Å²) in [5.41, 5.74) is 0. The average molecular weight is 958 g/mol. The van der Waals surface area contributed by atoms with Crippen LogP contribution in [-0.2, 0) is 28.6 Å². The van der Waals surface area contributed by atoms with Crippen molar-refractivity contribution >= 4 is 17.9 Å². The Labute approximate surface area is 423 Å². The molecular formula is C62H116O6. The van der Waals surface area contributed by atoms with E-state index in [4.69, 9.17) is 14.2 Å². The van der Waals surface area contributed by atoms with Gasteiger partial charge in [0.15, 0.2) is 6.10 Å². The molecule has 68 heavy (non-hydrogen) atoms. The Morgan fingerprint density at radius 1 is 0.279 bits per heavy atom. The van der Waals surface area contributed by atoms with Crippen molar-refractivity contribution in [1.82, 2.24) is 0 Å². The Morgan fingerprint density at radius 2 is 0.485 bits per heavy atom. The minimum Gasteiger partial charge on any atom is -0.462 e. The van der Waals surface area contributed by atoms with E-state index in [0.29, 0.717) is 19.3 Å². The predicted molar refractivity (Wildman–Crippen MR) is 293 cm³/mol. The van der Waals surface area contributed by atoms with Gasteiger partial charge in [0.25, 0.3) is 0 Å². The molecule has 0 heterocycles. The van der Waals surface area contributed by atoms with Crippen LogP contribution in [0.25, 0.3) is 0 Å². The molecule has 0 spiro atoms. The molecular weight excluding hydrogens is 841 g/mol. The molecule has 0 saturated carbocycles. The zero-order chi connectivity index (χ0) is 49.3. The number of carbonyl (C=O) groups excluding carboxylic acids is 3. The van der Waals surface area contributed by atoms with Gasteiger partial charge in [0.1, 0.15) is 13.2 Å². The molecule has 6 heteroatoms. The summed E-state index contributed by atoms with van der Waals surface area (Å²) in [7, 11) is 0. The molecule has 0 aliphatic rings. The first-order valence-electron chi connectivity index (χ1n) is 30.3. The van der Waals surface area contributed by atoms with Gasteiger partial charge in [-0.1, -0.05) is 270 Å². The second kappa shape index (κ2) is 57.5. The molecule has 0 aliphatic carbocycles. The predicted octanol–water partition coefficient (Wildman–Crippen LogP) is 20.3. The monoisotopic (exact) mass is 957 g/mol. The van der Waals surface area contributed by atoms with Crippen LogP contribution in [0.5, 0.6) is 0 Å². The molecule has 400 valence electrons. The summed E-state index contributed by atoms with van der Waals surface area (Å²) in [6.07, 6.45) is 67.4. The minimum absolute atomic E-state index is 0.0696. The SMILES string of the molecule is CCCCCCCC/C=C\CCCCCCCCCC(=O)OC[C@@H](COC(=O)CCCCCCCCCCCCCCCCCC)OC(=O)CCCCCCCCC/C=C\CCCCCCCC. The number of unbranched alkanes of at least 4 members (excludes halogenated alkanes) is 41. The van der Waals surface area contributed by atoms with Gasteiger partial charge in [-0.25, -0.2) is 0 Å². The van der Waals surface area contributed by atoms with Gasteiger partial charge in [-0.2, -0.15) is 0 Å². The lowest BCUT2D eigenvalue weighted by atomic mass is 10.0. The van der Waals surface area contributed by atoms with Crippen LogP contribution in [0.15, 0.2) is 24.3 Å². The molecule has 0 radical (unpaired) electrons. The topological polar surface area (TPSA) is 78.9 Å². The van der Waals surface area contributed by atoms with E-state index < -0.39 is 6.10 Å². The van der Waals surface area contributed by atoms with Crippen LogP contribution in [0, 0.1) is 0 Å². The van der Waals surface area contributed by atoms with Crippen molar-refractivity contribution < 1.29 is 28.6 Å². The lowest BCUT2D eigenvalue weighted by Gasteiger charge is -2.18. The second-order valence-corrected chi connectivity index (χ2v) is 20.6. The van der Waals surface area contributed by atoms with E-state index in [-0.39, 0.29) is 31.1 Å². The highest BCUT2D eigenvalue weighted by atomic mass is 16.6. The molecule has 0 aliphatic heterocycles. The van der Waals surface area contributed by atoms with Gasteiger partial charge < -0.3 is 14.2 Å². The first-order chi connectivity index (χ1) is 33.5. The van der Waals surface area contributed by atoms with E-state index in [0.717, 1.165) is 57.8 Å². The maximum Gasteiger partial charge on any atom is 0.306 e. The third-order valence-corrected chi connectivity index (χ3v) is 13.7. The summed E-state index contributed by atoms with van der Waals surface area (Å²) in [5.74, 6) is -0.855. The van der Waals surface area contributed by atoms with Crippen LogP contribution >= 0.6 is 0 Å². The maximum atomic E-state index is 12.9.